The average Bonchev–Trinajstić information content (AvgIpc) is 2.91. The minimum atomic E-state index is -0.926. The van der Waals surface area contributed by atoms with Gasteiger partial charge in [-0.2, -0.15) is 0 Å². The van der Waals surface area contributed by atoms with E-state index in [9.17, 15) is 9.59 Å². The van der Waals surface area contributed by atoms with Crippen molar-refractivity contribution in [2.24, 2.45) is 0 Å². The molecule has 1 aromatic carbocycles. The van der Waals surface area contributed by atoms with Gasteiger partial charge in [-0.1, -0.05) is 30.7 Å². The number of hydrogen-bond donors (Lipinski definition) is 1. The fourth-order valence-corrected chi connectivity index (χ4v) is 4.95. The summed E-state index contributed by atoms with van der Waals surface area (Å²) in [6.45, 7) is 3.04. The maximum Gasteiger partial charge on any atom is 0.303 e. The van der Waals surface area contributed by atoms with Crippen LogP contribution in [0.4, 0.5) is 0 Å². The molecule has 1 N–H and O–H groups in total. The highest BCUT2D eigenvalue weighted by molar-refractivity contribution is 5.81. The Morgan fingerprint density at radius 3 is 2.57 bits per heavy atom. The van der Waals surface area contributed by atoms with E-state index in [1.54, 1.807) is 0 Å². The van der Waals surface area contributed by atoms with Crippen LogP contribution < -0.4 is 0 Å². The third-order valence-electron chi connectivity index (χ3n) is 6.50. The predicted octanol–water partition coefficient (Wildman–Crippen LogP) is 3.26. The zero-order valence-electron chi connectivity index (χ0n) is 17.3. The van der Waals surface area contributed by atoms with Crippen molar-refractivity contribution in [1.29, 1.82) is 0 Å². The van der Waals surface area contributed by atoms with E-state index in [0.29, 0.717) is 13.1 Å². The van der Waals surface area contributed by atoms with Crippen LogP contribution in [0, 0.1) is 0 Å². The summed E-state index contributed by atoms with van der Waals surface area (Å²) in [5.41, 5.74) is 3.57. The van der Waals surface area contributed by atoms with Crippen molar-refractivity contribution in [1.82, 2.24) is 14.8 Å². The predicted molar refractivity (Wildman–Crippen MR) is 114 cm³/mol. The Morgan fingerprint density at radius 2 is 1.80 bits per heavy atom. The Morgan fingerprint density at radius 1 is 1.03 bits per heavy atom. The van der Waals surface area contributed by atoms with Gasteiger partial charge >= 0.3 is 5.97 Å². The van der Waals surface area contributed by atoms with Crippen LogP contribution in [0.5, 0.6) is 0 Å². The van der Waals surface area contributed by atoms with Crippen LogP contribution in [0.25, 0.3) is 0 Å². The van der Waals surface area contributed by atoms with Crippen LogP contribution in [0.15, 0.2) is 48.8 Å². The first kappa shape index (κ1) is 20.5. The summed E-state index contributed by atoms with van der Waals surface area (Å²) < 4.78 is 0. The van der Waals surface area contributed by atoms with Gasteiger partial charge in [0, 0.05) is 44.0 Å². The van der Waals surface area contributed by atoms with Crippen LogP contribution in [0.1, 0.15) is 48.8 Å². The molecule has 6 heteroatoms. The lowest BCUT2D eigenvalue weighted by molar-refractivity contribution is -0.142. The number of carbonyl (C=O) groups excluding carboxylic acids is 1. The van der Waals surface area contributed by atoms with Crippen molar-refractivity contribution < 1.29 is 14.7 Å². The normalized spacial score (nSPS) is 21.8. The molecule has 1 atom stereocenters. The van der Waals surface area contributed by atoms with Gasteiger partial charge in [0.1, 0.15) is 0 Å². The molecular weight excluding hydrogens is 378 g/mol. The molecule has 3 heterocycles. The second-order valence-corrected chi connectivity index (χ2v) is 8.55. The van der Waals surface area contributed by atoms with Gasteiger partial charge in [-0.05, 0) is 54.6 Å². The fourth-order valence-electron chi connectivity index (χ4n) is 4.95. The lowest BCUT2D eigenvalue weighted by atomic mass is 9.80. The number of carboxylic acids is 1. The number of piperidine rings is 1. The smallest absolute Gasteiger partial charge is 0.303 e. The number of likely N-dealkylation sites (tertiary alicyclic amines) is 1. The topological polar surface area (TPSA) is 73.7 Å². The molecule has 2 aliphatic heterocycles. The van der Waals surface area contributed by atoms with Crippen molar-refractivity contribution >= 4 is 11.9 Å². The van der Waals surface area contributed by atoms with E-state index in [0.717, 1.165) is 38.8 Å². The molecule has 1 unspecified atom stereocenters. The van der Waals surface area contributed by atoms with Crippen LogP contribution in [-0.2, 0) is 29.1 Å². The molecule has 2 aromatic rings. The molecule has 1 amide bonds. The maximum absolute atomic E-state index is 13.0. The summed E-state index contributed by atoms with van der Waals surface area (Å²) in [7, 11) is 0. The third kappa shape index (κ3) is 4.54. The Kier molecular flexibility index (Phi) is 6.13. The van der Waals surface area contributed by atoms with Gasteiger partial charge in [-0.3, -0.25) is 19.5 Å². The second kappa shape index (κ2) is 8.96. The number of benzene rings is 1. The fraction of sp³-hybridized carbons (Fsp3) is 0.458. The van der Waals surface area contributed by atoms with Gasteiger partial charge in [0.25, 0.3) is 0 Å². The number of rotatable bonds is 5. The lowest BCUT2D eigenvalue weighted by Crippen LogP contribution is -2.58. The highest BCUT2D eigenvalue weighted by atomic mass is 16.4. The summed E-state index contributed by atoms with van der Waals surface area (Å²) in [6, 6.07) is 12.5. The van der Waals surface area contributed by atoms with Crippen LogP contribution in [-0.4, -0.2) is 50.4 Å². The van der Waals surface area contributed by atoms with E-state index in [-0.39, 0.29) is 24.3 Å². The summed E-state index contributed by atoms with van der Waals surface area (Å²) in [6.07, 6.45) is 7.84. The number of pyridine rings is 1. The SMILES string of the molecule is O=C(O)CCC(=O)N1Cc2ccccc2CC2(CCCCN2Cc2ccncc2)C1. The van der Waals surface area contributed by atoms with E-state index in [2.05, 4.69) is 40.2 Å². The van der Waals surface area contributed by atoms with E-state index in [4.69, 9.17) is 5.11 Å². The van der Waals surface area contributed by atoms with E-state index < -0.39 is 5.97 Å². The largest absolute Gasteiger partial charge is 0.481 e. The molecule has 0 radical (unpaired) electrons. The number of aliphatic carboxylic acids is 1. The Hall–Kier alpha value is -2.73. The van der Waals surface area contributed by atoms with E-state index in [1.165, 1.54) is 16.7 Å². The van der Waals surface area contributed by atoms with Gasteiger partial charge in [0.05, 0.1) is 6.42 Å². The molecule has 0 aliphatic carbocycles. The van der Waals surface area contributed by atoms with Gasteiger partial charge in [0.15, 0.2) is 0 Å². The van der Waals surface area contributed by atoms with Crippen molar-refractivity contribution in [2.45, 2.75) is 57.2 Å². The first-order chi connectivity index (χ1) is 14.6. The Labute approximate surface area is 177 Å². The summed E-state index contributed by atoms with van der Waals surface area (Å²) in [4.78, 5) is 32.6. The highest BCUT2D eigenvalue weighted by Crippen LogP contribution is 2.37. The number of carboxylic acid groups (broad SMARTS) is 1. The van der Waals surface area contributed by atoms with Crippen molar-refractivity contribution in [2.75, 3.05) is 13.1 Å². The van der Waals surface area contributed by atoms with Gasteiger partial charge in [-0.25, -0.2) is 0 Å². The molecule has 4 rings (SSSR count). The Bertz CT molecular complexity index is 902. The van der Waals surface area contributed by atoms with E-state index in [1.807, 2.05) is 23.4 Å². The molecule has 1 spiro atoms. The monoisotopic (exact) mass is 407 g/mol. The standard InChI is InChI=1S/C24H29N3O3/c28-22(7-8-23(29)30)26-17-21-6-2-1-5-20(21)15-24(18-26)11-3-4-14-27(24)16-19-9-12-25-13-10-19/h1-2,5-6,9-10,12-13H,3-4,7-8,11,14-18H2,(H,29,30). The average molecular weight is 408 g/mol. The summed E-state index contributed by atoms with van der Waals surface area (Å²) in [5.74, 6) is -0.992. The van der Waals surface area contributed by atoms with Gasteiger partial charge in [0.2, 0.25) is 5.91 Å². The molecule has 1 aromatic heterocycles. The summed E-state index contributed by atoms with van der Waals surface area (Å²) >= 11 is 0. The molecule has 30 heavy (non-hydrogen) atoms. The second-order valence-electron chi connectivity index (χ2n) is 8.55. The molecule has 158 valence electrons. The zero-order valence-corrected chi connectivity index (χ0v) is 17.3. The number of carbonyl (C=O) groups is 2. The van der Waals surface area contributed by atoms with Crippen LogP contribution >= 0.6 is 0 Å². The molecule has 1 fully saturated rings. The van der Waals surface area contributed by atoms with Crippen LogP contribution in [0.3, 0.4) is 0 Å². The first-order valence-corrected chi connectivity index (χ1v) is 10.8. The number of fused-ring (bicyclic) bond motifs is 1. The van der Waals surface area contributed by atoms with Gasteiger partial charge < -0.3 is 10.0 Å². The zero-order chi connectivity index (χ0) is 21.0. The summed E-state index contributed by atoms with van der Waals surface area (Å²) in [5, 5.41) is 9.04. The molecule has 6 nitrogen and oxygen atoms in total. The maximum atomic E-state index is 13.0. The van der Waals surface area contributed by atoms with Crippen LogP contribution in [0.2, 0.25) is 0 Å². The number of nitrogens with zero attached hydrogens (tertiary/aromatic N) is 3. The Balaban J connectivity index is 1.66. The van der Waals surface area contributed by atoms with Crippen molar-refractivity contribution in [3.63, 3.8) is 0 Å². The molecule has 0 bridgehead atoms. The molecule has 0 saturated carbocycles. The quantitative estimate of drug-likeness (QED) is 0.824. The van der Waals surface area contributed by atoms with E-state index >= 15 is 0 Å². The minimum Gasteiger partial charge on any atom is -0.481 e. The molecule has 2 aliphatic rings. The minimum absolute atomic E-state index is 0.0535. The highest BCUT2D eigenvalue weighted by Gasteiger charge is 2.43. The molecule has 1 saturated heterocycles. The van der Waals surface area contributed by atoms with Gasteiger partial charge in [-0.15, -0.1) is 0 Å². The van der Waals surface area contributed by atoms with Crippen molar-refractivity contribution in [3.8, 4) is 0 Å². The number of hydrogen-bond acceptors (Lipinski definition) is 4. The number of aromatic nitrogens is 1. The third-order valence-corrected chi connectivity index (χ3v) is 6.50. The number of amides is 1. The first-order valence-electron chi connectivity index (χ1n) is 10.8. The van der Waals surface area contributed by atoms with Crippen molar-refractivity contribution in [3.05, 3.63) is 65.5 Å². The lowest BCUT2D eigenvalue weighted by Gasteiger charge is -2.49. The molecular formula is C24H29N3O3.